The van der Waals surface area contributed by atoms with Crippen LogP contribution in [0.4, 0.5) is 32.9 Å². The molecule has 0 bridgehead atoms. The Bertz CT molecular complexity index is 4220. The van der Waals surface area contributed by atoms with Crippen molar-refractivity contribution in [2.24, 2.45) is 23.7 Å². The third-order valence-corrected chi connectivity index (χ3v) is 19.1. The molecule has 618 valence electrons. The van der Waals surface area contributed by atoms with Gasteiger partial charge in [-0.2, -0.15) is 19.9 Å². The molecule has 12 rings (SSSR count). The lowest BCUT2D eigenvalue weighted by atomic mass is 9.56. The fourth-order valence-corrected chi connectivity index (χ4v) is 13.7. The smallest absolute Gasteiger partial charge is 0.410 e. The topological polar surface area (TPSA) is 406 Å². The van der Waals surface area contributed by atoms with Crippen molar-refractivity contribution in [2.75, 3.05) is 87.3 Å². The summed E-state index contributed by atoms with van der Waals surface area (Å²) in [6, 6.07) is 0.989. The number of imidazole rings is 4. The molecule has 4 aliphatic heterocycles. The Labute approximate surface area is 678 Å². The molecule has 12 heterocycles. The maximum absolute atomic E-state index is 12.6. The highest BCUT2D eigenvalue weighted by molar-refractivity contribution is 6.90. The van der Waals surface area contributed by atoms with Crippen molar-refractivity contribution in [3.05, 3.63) is 48.1 Å². The van der Waals surface area contributed by atoms with Crippen LogP contribution < -0.4 is 51.7 Å². The highest BCUT2D eigenvalue weighted by Crippen LogP contribution is 2.33. The van der Waals surface area contributed by atoms with Crippen LogP contribution in [-0.2, 0) is 27.1 Å². The number of aliphatic hydroxyl groups excluding tert-OH is 1. The number of carbonyl (C=O) groups is 3. The number of anilines is 4. The summed E-state index contributed by atoms with van der Waals surface area (Å²) in [6.07, 6.45) is 26.0. The number of nitrogens with two attached hydrogens (primary N) is 2. The fraction of sp³-hybridized carbons (Fsp3) is 0.697. The molecule has 0 aromatic carbocycles. The number of piperidine rings is 4. The van der Waals surface area contributed by atoms with Gasteiger partial charge in [0, 0.05) is 65.9 Å². The lowest BCUT2D eigenvalue weighted by Crippen LogP contribution is -2.44. The summed E-state index contributed by atoms with van der Waals surface area (Å²) in [5.41, 5.74) is 15.6. The molecule has 0 saturated carbocycles. The molecule has 6 radical (unpaired) electrons. The first-order chi connectivity index (χ1) is 55.4. The summed E-state index contributed by atoms with van der Waals surface area (Å²) in [7, 11) is 13.6. The maximum atomic E-state index is 12.6. The number of ether oxygens (including phenoxy) is 6. The number of aldehydes is 1. The predicted molar refractivity (Wildman–Crippen MR) is 443 cm³/mol. The van der Waals surface area contributed by atoms with Gasteiger partial charge in [0.05, 0.1) is 74.4 Å². The molecule has 0 spiro atoms. The van der Waals surface area contributed by atoms with Crippen molar-refractivity contribution in [3.8, 4) is 24.0 Å². The Hall–Kier alpha value is -9.05. The summed E-state index contributed by atoms with van der Waals surface area (Å²) in [6.45, 7) is 33.8. The Morgan fingerprint density at radius 1 is 0.596 bits per heavy atom. The molecule has 34 nitrogen and oxygen atoms in total. The molecule has 8 aromatic rings. The van der Waals surface area contributed by atoms with Gasteiger partial charge in [0.2, 0.25) is 0 Å². The monoisotopic (exact) mass is 1580 g/mol. The third kappa shape index (κ3) is 27.9. The van der Waals surface area contributed by atoms with Crippen LogP contribution in [0.2, 0.25) is 2.82 Å². The molecule has 5 unspecified atom stereocenters. The molecule has 114 heavy (non-hydrogen) atoms. The molecular formula is C76H122B4N24O10. The highest BCUT2D eigenvalue weighted by Gasteiger charge is 2.35. The van der Waals surface area contributed by atoms with Crippen molar-refractivity contribution < 1.29 is 50.7 Å². The molecule has 9 N–H and O–H groups in total. The largest absolute Gasteiger partial charge is 0.459 e. The zero-order valence-corrected chi connectivity index (χ0v) is 69.5. The lowest BCUT2D eigenvalue weighted by molar-refractivity contribution is -0.112. The number of amides is 2. The number of nitrogens with one attached hydrogen (secondary N) is 4. The average molecular weight is 1580 g/mol. The van der Waals surface area contributed by atoms with Crippen LogP contribution in [0, 0.1) is 23.7 Å². The van der Waals surface area contributed by atoms with Crippen LogP contribution >= 0.6 is 0 Å². The van der Waals surface area contributed by atoms with E-state index in [4.69, 9.17) is 58.2 Å². The maximum Gasteiger partial charge on any atom is 0.410 e. The van der Waals surface area contributed by atoms with E-state index in [1.807, 2.05) is 81.6 Å². The molecule has 8 aromatic heterocycles. The van der Waals surface area contributed by atoms with Gasteiger partial charge in [0.1, 0.15) is 23.6 Å². The number of hydrogen-bond donors (Lipinski definition) is 7. The van der Waals surface area contributed by atoms with Crippen LogP contribution in [0.25, 0.3) is 22.6 Å². The van der Waals surface area contributed by atoms with Gasteiger partial charge in [-0.3, -0.25) is 0 Å². The SMILES string of the molecule is CC(C)(C)OC(=O)N1CCCC(C=O)C1.CCC[C@H](C)Oc1nc(N)c2ncc(CC3CCCNC3)n2n1.CCC[C@H](C)Oc1nc(N)c2ncc(CC3CCCNC3)n2n1.[2H]N(C[B][B])c1nc(O[C@@H](C)CCC)nn2c(C(O)C3CCCN(C(=O)OC(C)(C)C)C3)cnc12.[2H]N(C[B][B])c1nc(O[C@@H](C)CCC)nn2ccnc12. The molecule has 38 heteroatoms. The van der Waals surface area contributed by atoms with E-state index in [0.29, 0.717) is 95.8 Å². The number of fused-ring (bicyclic) bond motifs is 4. The summed E-state index contributed by atoms with van der Waals surface area (Å²) in [5.74, 6) is 2.29. The van der Waals surface area contributed by atoms with Crippen LogP contribution in [-0.4, -0.2) is 242 Å². The van der Waals surface area contributed by atoms with Crippen LogP contribution in [0.3, 0.4) is 0 Å². The number of nitrogen functional groups attached to an aromatic ring is 2. The van der Waals surface area contributed by atoms with E-state index in [2.05, 4.69) is 98.6 Å². The Balaban J connectivity index is 0.000000186. The van der Waals surface area contributed by atoms with Gasteiger partial charge in [-0.05, 0) is 210 Å². The first-order valence-corrected chi connectivity index (χ1v) is 40.7. The van der Waals surface area contributed by atoms with Crippen molar-refractivity contribution in [2.45, 2.75) is 254 Å². The first-order valence-electron chi connectivity index (χ1n) is 41.6. The number of likely N-dealkylation sites (tertiary alicyclic amines) is 2. The zero-order chi connectivity index (χ0) is 84.2. The molecule has 0 aliphatic carbocycles. The molecule has 9 atom stereocenters. The summed E-state index contributed by atoms with van der Waals surface area (Å²) in [5, 5.41) is 38.2. The van der Waals surface area contributed by atoms with Crippen LogP contribution in [0.1, 0.15) is 223 Å². The summed E-state index contributed by atoms with van der Waals surface area (Å²) < 4.78 is 56.8. The number of aromatic nitrogens is 16. The number of nitrogens with zero attached hydrogens (tertiary/aromatic N) is 18. The van der Waals surface area contributed by atoms with Gasteiger partial charge < -0.3 is 80.8 Å². The summed E-state index contributed by atoms with van der Waals surface area (Å²) in [4.78, 5) is 72.6. The highest BCUT2D eigenvalue weighted by atomic mass is 16.6. The second-order valence-corrected chi connectivity index (χ2v) is 31.7. The van der Waals surface area contributed by atoms with Gasteiger partial charge in [-0.1, -0.05) is 53.4 Å². The lowest BCUT2D eigenvalue weighted by Gasteiger charge is -2.35. The Morgan fingerprint density at radius 3 is 1.46 bits per heavy atom. The van der Waals surface area contributed by atoms with Crippen molar-refractivity contribution in [3.63, 3.8) is 0 Å². The van der Waals surface area contributed by atoms with Crippen molar-refractivity contribution in [1.82, 2.24) is 98.8 Å². The molecular weight excluding hydrogens is 1450 g/mol. The van der Waals surface area contributed by atoms with E-state index >= 15 is 0 Å². The van der Waals surface area contributed by atoms with Crippen molar-refractivity contribution in [1.29, 1.82) is 0 Å². The van der Waals surface area contributed by atoms with Gasteiger partial charge >= 0.3 is 36.2 Å². The van der Waals surface area contributed by atoms with E-state index in [0.717, 1.165) is 144 Å². The Morgan fingerprint density at radius 2 is 1.03 bits per heavy atom. The summed E-state index contributed by atoms with van der Waals surface area (Å²) >= 11 is 0. The van der Waals surface area contributed by atoms with Gasteiger partial charge in [-0.25, -0.2) is 47.6 Å². The van der Waals surface area contributed by atoms with Crippen LogP contribution in [0.15, 0.2) is 31.0 Å². The van der Waals surface area contributed by atoms with Gasteiger partial charge in [0.25, 0.3) is 0 Å². The normalized spacial score (nSPS) is 18.7. The standard InChI is InChI=1S/C22H35B2N6O4.2C16H26N6O.C11H16B2N5O.C11H19NO3/c1-6-8-14(2)33-20-27-18(26-13-24-23)19-25-11-16(30(19)28-20)17(31)15-9-7-10-29(12-15)21(32)34-22(3,4)5;2*1-3-5-11(2)23-16-20-14(17)15-19-10-13(22(15)21-16)8-12-6-4-7-18-9-12;1-3-4-8(2)19-11-16-9(15-7-13-12)10-14-5-6-18(10)17-11;1-11(2,3)15-10(14)12-6-4-5-9(7-12)8-13/h11,14-15,17,31H,6-10,12-13H2,1-5H3,(H,26,27,28);2*10-12,18H,3-9H2,1-2H3,(H2,17,20,21);5-6,8H,3-4,7H2,1-2H3,(H,15,16,17);8-9H,4-7H2,1-3H3/t14-,15?,17?;2*11-,12?;8-;/m0000./s1/i/hD2. The third-order valence-electron chi connectivity index (χ3n) is 19.1. The second-order valence-electron chi connectivity index (χ2n) is 31.7. The van der Waals surface area contributed by atoms with Gasteiger partial charge in [0.15, 0.2) is 48.7 Å². The first kappa shape index (κ1) is 87.3. The second kappa shape index (κ2) is 44.7. The number of hydrogen-bond acceptors (Lipinski definition) is 28. The van der Waals surface area contributed by atoms with Crippen LogP contribution in [0.5, 0.6) is 24.0 Å². The van der Waals surface area contributed by atoms with Gasteiger partial charge in [-0.15, -0.1) is 20.4 Å². The minimum atomic E-state index is -0.945. The molecule has 2 amide bonds. The fourth-order valence-electron chi connectivity index (χ4n) is 13.7. The predicted octanol–water partition coefficient (Wildman–Crippen LogP) is 8.84. The van der Waals surface area contributed by atoms with E-state index in [1.165, 1.54) is 50.7 Å². The molecule has 4 saturated heterocycles. The van der Waals surface area contributed by atoms with Crippen molar-refractivity contribution >= 4 is 94.1 Å². The molecule has 4 aliphatic rings. The number of carbonyl (C=O) groups excluding carboxylic acids is 3. The number of rotatable bonds is 29. The van der Waals surface area contributed by atoms with E-state index in [-0.39, 0.29) is 79.2 Å². The number of aliphatic hydroxyl groups is 1. The van der Waals surface area contributed by atoms with E-state index in [1.54, 1.807) is 35.7 Å². The minimum Gasteiger partial charge on any atom is -0.459 e. The average Bonchev–Trinajstić information content (AvgIpc) is 1.59. The quantitative estimate of drug-likeness (QED) is 0.0170. The van der Waals surface area contributed by atoms with E-state index < -0.39 is 17.3 Å². The minimum absolute atomic E-state index is 0.0220. The van der Waals surface area contributed by atoms with E-state index in [9.17, 15) is 19.5 Å². The molecule has 4 fully saturated rings. The zero-order valence-electron chi connectivity index (χ0n) is 71.5. The Kier molecular flexibility index (Phi) is 34.3.